The normalized spacial score (nSPS) is 11.7. The summed E-state index contributed by atoms with van der Waals surface area (Å²) in [6, 6.07) is 9.35. The molecule has 28 heavy (non-hydrogen) atoms. The van der Waals surface area contributed by atoms with Crippen LogP contribution in [0.25, 0.3) is 22.9 Å². The number of hydrogen-bond donors (Lipinski definition) is 0. The highest BCUT2D eigenvalue weighted by Crippen LogP contribution is 2.29. The Bertz CT molecular complexity index is 1090. The zero-order valence-electron chi connectivity index (χ0n) is 14.1. The van der Waals surface area contributed by atoms with Crippen molar-refractivity contribution in [2.24, 2.45) is 0 Å². The van der Waals surface area contributed by atoms with Gasteiger partial charge < -0.3 is 4.52 Å². The summed E-state index contributed by atoms with van der Waals surface area (Å²) in [7, 11) is 0. The van der Waals surface area contributed by atoms with E-state index in [9.17, 15) is 17.6 Å². The van der Waals surface area contributed by atoms with Gasteiger partial charge in [0.1, 0.15) is 23.5 Å². The summed E-state index contributed by atoms with van der Waals surface area (Å²) < 4.78 is 58.4. The number of halogens is 4. The number of alkyl halides is 3. The monoisotopic (exact) mass is 389 g/mol. The minimum atomic E-state index is -4.53. The van der Waals surface area contributed by atoms with Crippen molar-refractivity contribution in [2.75, 3.05) is 0 Å². The van der Waals surface area contributed by atoms with Crippen molar-refractivity contribution in [3.8, 4) is 22.9 Å². The smallest absolute Gasteiger partial charge is 0.364 e. The molecule has 4 rings (SSSR count). The molecule has 4 aromatic rings. The van der Waals surface area contributed by atoms with Crippen LogP contribution in [0.2, 0.25) is 0 Å². The summed E-state index contributed by atoms with van der Waals surface area (Å²) >= 11 is 0. The van der Waals surface area contributed by atoms with Gasteiger partial charge in [0.25, 0.3) is 0 Å². The van der Waals surface area contributed by atoms with Gasteiger partial charge in [-0.25, -0.2) is 14.4 Å². The van der Waals surface area contributed by atoms with E-state index in [0.717, 1.165) is 0 Å². The maximum atomic E-state index is 14.0. The van der Waals surface area contributed by atoms with Gasteiger partial charge in [-0.1, -0.05) is 23.4 Å². The highest BCUT2D eigenvalue weighted by Gasteiger charge is 2.31. The first kappa shape index (κ1) is 17.8. The molecule has 3 aromatic heterocycles. The van der Waals surface area contributed by atoms with Crippen molar-refractivity contribution in [3.63, 3.8) is 0 Å². The lowest BCUT2D eigenvalue weighted by Crippen LogP contribution is -2.07. The van der Waals surface area contributed by atoms with E-state index in [1.165, 1.54) is 17.0 Å². The molecule has 0 aliphatic carbocycles. The average Bonchev–Trinajstić information content (AvgIpc) is 3.33. The first-order chi connectivity index (χ1) is 13.4. The lowest BCUT2D eigenvalue weighted by atomic mass is 10.2. The van der Waals surface area contributed by atoms with Gasteiger partial charge in [-0.2, -0.15) is 18.3 Å². The number of aromatic nitrogens is 5. The van der Waals surface area contributed by atoms with Gasteiger partial charge >= 0.3 is 6.18 Å². The average molecular weight is 389 g/mol. The molecule has 0 unspecified atom stereocenters. The van der Waals surface area contributed by atoms with Gasteiger partial charge in [0.05, 0.1) is 17.8 Å². The summed E-state index contributed by atoms with van der Waals surface area (Å²) in [5.41, 5.74) is 0.564. The molecule has 10 heteroatoms. The second-order valence-electron chi connectivity index (χ2n) is 5.84. The van der Waals surface area contributed by atoms with E-state index < -0.39 is 17.6 Å². The van der Waals surface area contributed by atoms with E-state index in [1.807, 2.05) is 0 Å². The molecule has 0 saturated heterocycles. The van der Waals surface area contributed by atoms with Crippen LogP contribution in [0.1, 0.15) is 11.1 Å². The van der Waals surface area contributed by atoms with E-state index >= 15 is 0 Å². The molecule has 0 atom stereocenters. The van der Waals surface area contributed by atoms with Gasteiger partial charge in [-0.3, -0.25) is 4.68 Å². The van der Waals surface area contributed by atoms with Crippen LogP contribution in [0, 0.1) is 5.82 Å². The summed E-state index contributed by atoms with van der Waals surface area (Å²) in [6.45, 7) is 0.0789. The van der Waals surface area contributed by atoms with E-state index in [-0.39, 0.29) is 18.1 Å². The first-order valence-electron chi connectivity index (χ1n) is 8.03. The summed E-state index contributed by atoms with van der Waals surface area (Å²) in [6.07, 6.45) is -1.79. The van der Waals surface area contributed by atoms with E-state index in [4.69, 9.17) is 4.52 Å². The molecule has 0 aliphatic heterocycles. The summed E-state index contributed by atoms with van der Waals surface area (Å²) in [5, 5.41) is 8.17. The Labute approximate surface area is 155 Å². The predicted molar refractivity (Wildman–Crippen MR) is 89.3 cm³/mol. The van der Waals surface area contributed by atoms with Gasteiger partial charge in [-0.15, -0.1) is 0 Å². The third kappa shape index (κ3) is 3.48. The van der Waals surface area contributed by atoms with E-state index in [0.29, 0.717) is 29.3 Å². The molecule has 0 N–H and O–H groups in total. The van der Waals surface area contributed by atoms with Crippen molar-refractivity contribution in [3.05, 3.63) is 72.0 Å². The molecular weight excluding hydrogens is 378 g/mol. The van der Waals surface area contributed by atoms with Crippen LogP contribution in [0.15, 0.2) is 59.6 Å². The topological polar surface area (TPSA) is 69.6 Å². The number of rotatable bonds is 4. The van der Waals surface area contributed by atoms with Crippen LogP contribution in [0.4, 0.5) is 17.6 Å². The van der Waals surface area contributed by atoms with Crippen molar-refractivity contribution in [2.45, 2.75) is 12.7 Å². The maximum Gasteiger partial charge on any atom is 0.419 e. The van der Waals surface area contributed by atoms with Crippen molar-refractivity contribution < 1.29 is 22.1 Å². The quantitative estimate of drug-likeness (QED) is 0.489. The van der Waals surface area contributed by atoms with Crippen LogP contribution in [-0.4, -0.2) is 24.9 Å². The Morgan fingerprint density at radius 2 is 1.75 bits per heavy atom. The van der Waals surface area contributed by atoms with Crippen molar-refractivity contribution in [1.29, 1.82) is 0 Å². The lowest BCUT2D eigenvalue weighted by molar-refractivity contribution is -0.138. The molecule has 0 spiro atoms. The molecule has 142 valence electrons. The molecule has 0 radical (unpaired) electrons. The van der Waals surface area contributed by atoms with Crippen LogP contribution < -0.4 is 0 Å². The molecule has 0 fully saturated rings. The fraction of sp³-hybridized carbons (Fsp3) is 0.111. The summed E-state index contributed by atoms with van der Waals surface area (Å²) in [4.78, 5) is 7.50. The molecule has 0 saturated carbocycles. The maximum absolute atomic E-state index is 14.0. The lowest BCUT2D eigenvalue weighted by Gasteiger charge is -2.06. The largest absolute Gasteiger partial charge is 0.419 e. The molecule has 0 bridgehead atoms. The minimum absolute atomic E-state index is 0.00466. The summed E-state index contributed by atoms with van der Waals surface area (Å²) in [5.74, 6) is -0.401. The van der Waals surface area contributed by atoms with Gasteiger partial charge in [0.15, 0.2) is 5.82 Å². The van der Waals surface area contributed by atoms with E-state index in [1.54, 1.807) is 30.3 Å². The second-order valence-corrected chi connectivity index (χ2v) is 5.84. The third-order valence-electron chi connectivity index (χ3n) is 3.97. The van der Waals surface area contributed by atoms with Crippen LogP contribution in [-0.2, 0) is 12.7 Å². The highest BCUT2D eigenvalue weighted by atomic mass is 19.4. The zero-order valence-corrected chi connectivity index (χ0v) is 14.1. The van der Waals surface area contributed by atoms with E-state index in [2.05, 4.69) is 20.2 Å². The minimum Gasteiger partial charge on any atom is -0.364 e. The van der Waals surface area contributed by atoms with Gasteiger partial charge in [-0.05, 0) is 12.1 Å². The standard InChI is InChI=1S/C18H11F4N5O/c19-13-4-2-1-3-11(13)10-27-16(14-5-6-28-26-14)7-15(25-27)17-23-8-12(9-24-17)18(20,21)22/h1-9H,10H2. The number of hydrogen-bond acceptors (Lipinski definition) is 5. The van der Waals surface area contributed by atoms with Crippen LogP contribution >= 0.6 is 0 Å². The molecule has 3 heterocycles. The molecule has 6 nitrogen and oxygen atoms in total. The van der Waals surface area contributed by atoms with Crippen molar-refractivity contribution >= 4 is 0 Å². The predicted octanol–water partition coefficient (Wildman–Crippen LogP) is 4.20. The Kier molecular flexibility index (Phi) is 4.38. The molecule has 0 amide bonds. The number of nitrogens with zero attached hydrogens (tertiary/aromatic N) is 5. The van der Waals surface area contributed by atoms with Gasteiger partial charge in [0, 0.05) is 24.0 Å². The Balaban J connectivity index is 1.74. The number of benzene rings is 1. The highest BCUT2D eigenvalue weighted by molar-refractivity contribution is 5.62. The van der Waals surface area contributed by atoms with Crippen molar-refractivity contribution in [1.82, 2.24) is 24.9 Å². The zero-order chi connectivity index (χ0) is 19.7. The SMILES string of the molecule is Fc1ccccc1Cn1nc(-c2ncc(C(F)(F)F)cn2)cc1-c1ccon1. The second kappa shape index (κ2) is 6.87. The third-order valence-corrected chi connectivity index (χ3v) is 3.97. The fourth-order valence-electron chi connectivity index (χ4n) is 2.59. The van der Waals surface area contributed by atoms with Gasteiger partial charge in [0.2, 0.25) is 0 Å². The fourth-order valence-corrected chi connectivity index (χ4v) is 2.59. The molecular formula is C18H11F4N5O. The van der Waals surface area contributed by atoms with Crippen LogP contribution in [0.3, 0.4) is 0 Å². The Hall–Kier alpha value is -3.56. The van der Waals surface area contributed by atoms with Crippen LogP contribution in [0.5, 0.6) is 0 Å². The molecule has 0 aliphatic rings. The Morgan fingerprint density at radius 1 is 1.00 bits per heavy atom. The Morgan fingerprint density at radius 3 is 2.39 bits per heavy atom. The first-order valence-corrected chi connectivity index (χ1v) is 8.03. The molecule has 1 aromatic carbocycles.